The zero-order valence-corrected chi connectivity index (χ0v) is 21.5. The van der Waals surface area contributed by atoms with Gasteiger partial charge in [-0.15, -0.1) is 13.2 Å². The molecular weight excluding hydrogens is 448 g/mol. The van der Waals surface area contributed by atoms with Crippen molar-refractivity contribution in [1.82, 2.24) is 9.80 Å². The Morgan fingerprint density at radius 3 is 2.66 bits per heavy atom. The molecule has 0 aromatic carbocycles. The summed E-state index contributed by atoms with van der Waals surface area (Å²) < 4.78 is 12.3. The summed E-state index contributed by atoms with van der Waals surface area (Å²) in [5.41, 5.74) is -1.89. The van der Waals surface area contributed by atoms with Crippen molar-refractivity contribution >= 4 is 17.8 Å². The minimum Gasteiger partial charge on any atom is -0.465 e. The standard InChI is InChI=1S/C27H42N2O6/c1-6-10-18-34-25(33)21-20-23(31)29(16-11-17-30)22(27(20)14-13-26(21,9-4)35-27)24(32)28(15-8-3)19(5)12-7-2/h6,8,19-22,30H,1,3,7,9-18H2,2,4-5H3/t19?,20-,21-,22?,26+,27?/m0/s1. The number of hydrogen-bond donors (Lipinski definition) is 1. The lowest BCUT2D eigenvalue weighted by molar-refractivity contribution is -0.162. The molecule has 6 atom stereocenters. The number of amides is 2. The molecule has 0 aromatic heterocycles. The van der Waals surface area contributed by atoms with Crippen molar-refractivity contribution in [1.29, 1.82) is 0 Å². The van der Waals surface area contributed by atoms with E-state index in [-0.39, 0.29) is 37.6 Å². The highest BCUT2D eigenvalue weighted by atomic mass is 16.6. The Balaban J connectivity index is 2.04. The van der Waals surface area contributed by atoms with Crippen LogP contribution in [0.1, 0.15) is 65.7 Å². The molecule has 3 heterocycles. The monoisotopic (exact) mass is 490 g/mol. The molecule has 2 bridgehead atoms. The van der Waals surface area contributed by atoms with E-state index in [1.807, 2.05) is 13.8 Å². The van der Waals surface area contributed by atoms with Crippen molar-refractivity contribution < 1.29 is 29.0 Å². The maximum Gasteiger partial charge on any atom is 0.312 e. The van der Waals surface area contributed by atoms with Crippen LogP contribution in [-0.4, -0.2) is 82.3 Å². The van der Waals surface area contributed by atoms with Crippen LogP contribution < -0.4 is 0 Å². The van der Waals surface area contributed by atoms with Gasteiger partial charge in [-0.05, 0) is 45.4 Å². The van der Waals surface area contributed by atoms with Gasteiger partial charge in [0.2, 0.25) is 11.8 Å². The zero-order valence-electron chi connectivity index (χ0n) is 21.5. The van der Waals surface area contributed by atoms with Gasteiger partial charge in [0, 0.05) is 25.7 Å². The third-order valence-electron chi connectivity index (χ3n) is 8.14. The van der Waals surface area contributed by atoms with Crippen LogP contribution in [0.5, 0.6) is 0 Å². The second-order valence-corrected chi connectivity index (χ2v) is 10.1. The summed E-state index contributed by atoms with van der Waals surface area (Å²) in [5.74, 6) is -2.39. The van der Waals surface area contributed by atoms with Gasteiger partial charge < -0.3 is 24.4 Å². The highest BCUT2D eigenvalue weighted by molar-refractivity contribution is 5.98. The first kappa shape index (κ1) is 27.4. The summed E-state index contributed by atoms with van der Waals surface area (Å²) >= 11 is 0. The van der Waals surface area contributed by atoms with E-state index in [2.05, 4.69) is 20.1 Å². The lowest BCUT2D eigenvalue weighted by Gasteiger charge is -2.39. The molecule has 196 valence electrons. The Hall–Kier alpha value is -2.19. The number of fused-ring (bicyclic) bond motifs is 1. The van der Waals surface area contributed by atoms with Crippen molar-refractivity contribution in [3.05, 3.63) is 25.3 Å². The number of nitrogens with zero attached hydrogens (tertiary/aromatic N) is 2. The number of carbonyl (C=O) groups is 3. The van der Waals surface area contributed by atoms with E-state index in [4.69, 9.17) is 9.47 Å². The third-order valence-corrected chi connectivity index (χ3v) is 8.14. The van der Waals surface area contributed by atoms with E-state index < -0.39 is 35.0 Å². The number of esters is 1. The van der Waals surface area contributed by atoms with Gasteiger partial charge in [-0.2, -0.15) is 0 Å². The lowest BCUT2D eigenvalue weighted by atomic mass is 9.65. The number of likely N-dealkylation sites (tertiary alicyclic amines) is 1. The molecule has 0 aromatic rings. The lowest BCUT2D eigenvalue weighted by Crippen LogP contribution is -2.58. The van der Waals surface area contributed by atoms with E-state index in [1.54, 1.807) is 22.0 Å². The van der Waals surface area contributed by atoms with Crippen LogP contribution in [0, 0.1) is 11.8 Å². The molecule has 1 spiro atoms. The van der Waals surface area contributed by atoms with Crippen LogP contribution in [0.2, 0.25) is 0 Å². The Morgan fingerprint density at radius 1 is 1.31 bits per heavy atom. The molecule has 3 rings (SSSR count). The molecule has 8 heteroatoms. The maximum absolute atomic E-state index is 14.2. The highest BCUT2D eigenvalue weighted by Gasteiger charge is 2.79. The van der Waals surface area contributed by atoms with Crippen LogP contribution in [0.25, 0.3) is 0 Å². The highest BCUT2D eigenvalue weighted by Crippen LogP contribution is 2.64. The molecule has 3 fully saturated rings. The summed E-state index contributed by atoms with van der Waals surface area (Å²) in [6.07, 6.45) is 7.68. The topological polar surface area (TPSA) is 96.4 Å². The van der Waals surface area contributed by atoms with Gasteiger partial charge in [0.1, 0.15) is 17.6 Å². The number of rotatable bonds is 14. The molecule has 3 unspecified atom stereocenters. The van der Waals surface area contributed by atoms with Crippen molar-refractivity contribution in [2.24, 2.45) is 11.8 Å². The number of aliphatic hydroxyl groups excluding tert-OH is 1. The summed E-state index contributed by atoms with van der Waals surface area (Å²) in [6.45, 7) is 14.2. The number of ether oxygens (including phenoxy) is 2. The minimum absolute atomic E-state index is 0.0332. The van der Waals surface area contributed by atoms with Gasteiger partial charge >= 0.3 is 5.97 Å². The minimum atomic E-state index is -1.08. The van der Waals surface area contributed by atoms with Crippen molar-refractivity contribution in [3.63, 3.8) is 0 Å². The molecule has 3 aliphatic rings. The number of aliphatic hydroxyl groups is 1. The fourth-order valence-electron chi connectivity index (χ4n) is 6.53. The second-order valence-electron chi connectivity index (χ2n) is 10.1. The van der Waals surface area contributed by atoms with Crippen molar-refractivity contribution in [2.75, 3.05) is 26.3 Å². The average molecular weight is 491 g/mol. The first-order valence-corrected chi connectivity index (χ1v) is 13.1. The van der Waals surface area contributed by atoms with E-state index in [9.17, 15) is 19.5 Å². The van der Waals surface area contributed by atoms with Gasteiger partial charge in [-0.3, -0.25) is 14.4 Å². The summed E-state index contributed by atoms with van der Waals surface area (Å²) in [5, 5.41) is 9.50. The SMILES string of the molecule is C=CCCOC(=O)[C@@H]1[C@H]2C(=O)N(CCCO)C(C(=O)N(CC=C)C(C)CCC)C23CC[C@@]1(CC)O3. The van der Waals surface area contributed by atoms with Crippen LogP contribution in [0.3, 0.4) is 0 Å². The predicted octanol–water partition coefficient (Wildman–Crippen LogP) is 2.85. The van der Waals surface area contributed by atoms with Gasteiger partial charge in [-0.25, -0.2) is 0 Å². The fourth-order valence-corrected chi connectivity index (χ4v) is 6.53. The molecule has 35 heavy (non-hydrogen) atoms. The number of hydrogen-bond acceptors (Lipinski definition) is 6. The summed E-state index contributed by atoms with van der Waals surface area (Å²) in [4.78, 5) is 44.8. The van der Waals surface area contributed by atoms with E-state index in [0.29, 0.717) is 38.6 Å². The Labute approximate surface area is 209 Å². The van der Waals surface area contributed by atoms with Crippen LogP contribution in [-0.2, 0) is 23.9 Å². The van der Waals surface area contributed by atoms with Gasteiger partial charge in [0.05, 0.1) is 18.1 Å². The Kier molecular flexibility index (Phi) is 8.81. The molecule has 3 aliphatic heterocycles. The van der Waals surface area contributed by atoms with Crippen molar-refractivity contribution in [3.8, 4) is 0 Å². The van der Waals surface area contributed by atoms with Gasteiger partial charge in [0.25, 0.3) is 0 Å². The quantitative estimate of drug-likeness (QED) is 0.229. The van der Waals surface area contributed by atoms with Crippen LogP contribution in [0.15, 0.2) is 25.3 Å². The molecule has 1 N–H and O–H groups in total. The molecule has 3 saturated heterocycles. The molecule has 0 saturated carbocycles. The predicted molar refractivity (Wildman–Crippen MR) is 132 cm³/mol. The first-order chi connectivity index (χ1) is 16.8. The van der Waals surface area contributed by atoms with Crippen molar-refractivity contribution in [2.45, 2.75) is 89.0 Å². The normalized spacial score (nSPS) is 31.8. The summed E-state index contributed by atoms with van der Waals surface area (Å²) in [6, 6.07) is -0.876. The first-order valence-electron chi connectivity index (χ1n) is 13.1. The van der Waals surface area contributed by atoms with Crippen LogP contribution in [0.4, 0.5) is 0 Å². The molecule has 8 nitrogen and oxygen atoms in total. The Bertz CT molecular complexity index is 830. The van der Waals surface area contributed by atoms with Gasteiger partial charge in [0.15, 0.2) is 0 Å². The fraction of sp³-hybridized carbons (Fsp3) is 0.741. The second kappa shape index (κ2) is 11.2. The number of carbonyl (C=O) groups excluding carboxylic acids is 3. The van der Waals surface area contributed by atoms with Crippen LogP contribution >= 0.6 is 0 Å². The largest absolute Gasteiger partial charge is 0.465 e. The molecule has 0 radical (unpaired) electrons. The average Bonchev–Trinajstić information content (AvgIpc) is 3.44. The van der Waals surface area contributed by atoms with E-state index in [0.717, 1.165) is 12.8 Å². The van der Waals surface area contributed by atoms with E-state index >= 15 is 0 Å². The Morgan fingerprint density at radius 2 is 2.06 bits per heavy atom. The molecular formula is C27H42N2O6. The molecule has 0 aliphatic carbocycles. The zero-order chi connectivity index (χ0) is 25.8. The smallest absolute Gasteiger partial charge is 0.312 e. The molecule has 2 amide bonds. The van der Waals surface area contributed by atoms with E-state index in [1.165, 1.54) is 0 Å². The van der Waals surface area contributed by atoms with Gasteiger partial charge in [-0.1, -0.05) is 32.4 Å². The maximum atomic E-state index is 14.2. The third kappa shape index (κ3) is 4.55. The summed E-state index contributed by atoms with van der Waals surface area (Å²) in [7, 11) is 0.